The summed E-state index contributed by atoms with van der Waals surface area (Å²) in [5.41, 5.74) is 2.51. The standard InChI is InChI=1S/C22H28N2O/c1-13(2)20-18-5-4-17(25-3)9-19(18)23-21(24-20)22-10-14-6-15(11-22)8-16(7-14)12-22/h4-5,9,13-16H,6-8,10-12H2,1-3H3. The highest BCUT2D eigenvalue weighted by Crippen LogP contribution is 2.60. The minimum atomic E-state index is 0.246. The van der Waals surface area contributed by atoms with Crippen molar-refractivity contribution < 1.29 is 4.74 Å². The number of rotatable bonds is 3. The molecular formula is C22H28N2O. The Morgan fingerprint density at radius 1 is 1.00 bits per heavy atom. The van der Waals surface area contributed by atoms with Gasteiger partial charge in [0.15, 0.2) is 0 Å². The van der Waals surface area contributed by atoms with Crippen molar-refractivity contribution in [2.24, 2.45) is 17.8 Å². The fourth-order valence-corrected chi connectivity index (χ4v) is 6.32. The van der Waals surface area contributed by atoms with Gasteiger partial charge in [-0.25, -0.2) is 9.97 Å². The molecule has 0 N–H and O–H groups in total. The Hall–Kier alpha value is -1.64. The zero-order chi connectivity index (χ0) is 17.2. The number of nitrogens with zero attached hydrogens (tertiary/aromatic N) is 2. The van der Waals surface area contributed by atoms with Crippen molar-refractivity contribution in [1.29, 1.82) is 0 Å². The summed E-state index contributed by atoms with van der Waals surface area (Å²) in [7, 11) is 1.73. The van der Waals surface area contributed by atoms with E-state index in [4.69, 9.17) is 14.7 Å². The molecule has 0 amide bonds. The van der Waals surface area contributed by atoms with E-state index in [9.17, 15) is 0 Å². The zero-order valence-corrected chi connectivity index (χ0v) is 15.6. The average Bonchev–Trinajstić information content (AvgIpc) is 2.58. The van der Waals surface area contributed by atoms with Crippen molar-refractivity contribution >= 4 is 10.9 Å². The second kappa shape index (κ2) is 5.43. The van der Waals surface area contributed by atoms with Crippen LogP contribution in [0.25, 0.3) is 10.9 Å². The second-order valence-electron chi connectivity index (χ2n) is 9.17. The van der Waals surface area contributed by atoms with Gasteiger partial charge in [-0.2, -0.15) is 0 Å². The van der Waals surface area contributed by atoms with Crippen molar-refractivity contribution in [2.75, 3.05) is 7.11 Å². The third-order valence-corrected chi connectivity index (χ3v) is 6.99. The van der Waals surface area contributed by atoms with E-state index >= 15 is 0 Å². The summed E-state index contributed by atoms with van der Waals surface area (Å²) in [4.78, 5) is 10.3. The van der Waals surface area contributed by atoms with E-state index in [-0.39, 0.29) is 5.41 Å². The molecule has 1 heterocycles. The fourth-order valence-electron chi connectivity index (χ4n) is 6.32. The third kappa shape index (κ3) is 2.38. The van der Waals surface area contributed by atoms with Crippen LogP contribution in [0.15, 0.2) is 18.2 Å². The Kier molecular flexibility index (Phi) is 3.39. The molecule has 3 nitrogen and oxygen atoms in total. The maximum absolute atomic E-state index is 5.45. The van der Waals surface area contributed by atoms with E-state index in [2.05, 4.69) is 26.0 Å². The molecule has 0 saturated heterocycles. The molecule has 4 saturated carbocycles. The first-order valence-electron chi connectivity index (χ1n) is 9.92. The molecule has 4 fully saturated rings. The van der Waals surface area contributed by atoms with Gasteiger partial charge in [0.05, 0.1) is 18.3 Å². The van der Waals surface area contributed by atoms with Gasteiger partial charge in [0.2, 0.25) is 0 Å². The molecule has 4 aliphatic carbocycles. The van der Waals surface area contributed by atoms with E-state index in [1.54, 1.807) is 7.11 Å². The number of aromatic nitrogens is 2. The zero-order valence-electron chi connectivity index (χ0n) is 15.6. The summed E-state index contributed by atoms with van der Waals surface area (Å²) in [6, 6.07) is 6.25. The van der Waals surface area contributed by atoms with Crippen molar-refractivity contribution in [3.8, 4) is 5.75 Å². The summed E-state index contributed by atoms with van der Waals surface area (Å²) in [5, 5.41) is 1.18. The molecule has 0 unspecified atom stereocenters. The largest absolute Gasteiger partial charge is 0.497 e. The lowest BCUT2D eigenvalue weighted by Gasteiger charge is -2.56. The van der Waals surface area contributed by atoms with Gasteiger partial charge in [0, 0.05) is 16.9 Å². The molecule has 6 rings (SSSR count). The molecule has 3 heteroatoms. The highest BCUT2D eigenvalue weighted by atomic mass is 16.5. The van der Waals surface area contributed by atoms with Crippen LogP contribution < -0.4 is 4.74 Å². The normalized spacial score (nSPS) is 33.4. The molecule has 0 spiro atoms. The van der Waals surface area contributed by atoms with Crippen LogP contribution in [0.4, 0.5) is 0 Å². The lowest BCUT2D eigenvalue weighted by atomic mass is 9.49. The summed E-state index contributed by atoms with van der Waals surface area (Å²) in [6.07, 6.45) is 8.30. The lowest BCUT2D eigenvalue weighted by molar-refractivity contribution is -0.00933. The summed E-state index contributed by atoms with van der Waals surface area (Å²) >= 11 is 0. The first kappa shape index (κ1) is 15.6. The number of benzene rings is 1. The van der Waals surface area contributed by atoms with Gasteiger partial charge in [0.25, 0.3) is 0 Å². The second-order valence-corrected chi connectivity index (χ2v) is 9.17. The average molecular weight is 336 g/mol. The van der Waals surface area contributed by atoms with Gasteiger partial charge in [-0.05, 0) is 74.3 Å². The maximum Gasteiger partial charge on any atom is 0.135 e. The number of ether oxygens (including phenoxy) is 1. The Bertz CT molecular complexity index is 791. The fraction of sp³-hybridized carbons (Fsp3) is 0.636. The summed E-state index contributed by atoms with van der Waals surface area (Å²) < 4.78 is 5.45. The Morgan fingerprint density at radius 3 is 2.20 bits per heavy atom. The van der Waals surface area contributed by atoms with Gasteiger partial charge in [-0.3, -0.25) is 0 Å². The number of methoxy groups -OCH3 is 1. The predicted molar refractivity (Wildman–Crippen MR) is 100 cm³/mol. The van der Waals surface area contributed by atoms with Crippen molar-refractivity contribution in [3.63, 3.8) is 0 Å². The van der Waals surface area contributed by atoms with Gasteiger partial charge in [0.1, 0.15) is 11.6 Å². The van der Waals surface area contributed by atoms with Crippen molar-refractivity contribution in [3.05, 3.63) is 29.7 Å². The highest BCUT2D eigenvalue weighted by Gasteiger charge is 2.53. The van der Waals surface area contributed by atoms with E-state index in [0.29, 0.717) is 5.92 Å². The van der Waals surface area contributed by atoms with Gasteiger partial charge in [-0.1, -0.05) is 13.8 Å². The van der Waals surface area contributed by atoms with E-state index in [0.717, 1.165) is 34.8 Å². The Morgan fingerprint density at radius 2 is 1.64 bits per heavy atom. The molecule has 2 aromatic rings. The molecule has 4 bridgehead atoms. The molecule has 1 aromatic carbocycles. The minimum Gasteiger partial charge on any atom is -0.497 e. The maximum atomic E-state index is 5.45. The third-order valence-electron chi connectivity index (χ3n) is 6.99. The molecule has 4 aliphatic rings. The number of fused-ring (bicyclic) bond motifs is 1. The van der Waals surface area contributed by atoms with Crippen LogP contribution in [0.2, 0.25) is 0 Å². The molecule has 1 aromatic heterocycles. The lowest BCUT2D eigenvalue weighted by Crippen LogP contribution is -2.49. The number of hydrogen-bond donors (Lipinski definition) is 0. The molecular weight excluding hydrogens is 308 g/mol. The van der Waals surface area contributed by atoms with Crippen LogP contribution in [0.1, 0.15) is 69.8 Å². The molecule has 132 valence electrons. The Labute approximate surface area is 150 Å². The first-order valence-corrected chi connectivity index (χ1v) is 9.92. The molecule has 0 atom stereocenters. The molecule has 0 aliphatic heterocycles. The van der Waals surface area contributed by atoms with Gasteiger partial charge in [-0.15, -0.1) is 0 Å². The van der Waals surface area contributed by atoms with Crippen LogP contribution >= 0.6 is 0 Å². The quantitative estimate of drug-likeness (QED) is 0.770. The number of hydrogen-bond acceptors (Lipinski definition) is 3. The SMILES string of the molecule is COc1ccc2c(C(C)C)nc(C34CC5CC(CC(C5)C3)C4)nc2c1. The molecule has 0 radical (unpaired) electrons. The van der Waals surface area contributed by atoms with E-state index in [1.807, 2.05) is 6.07 Å². The summed E-state index contributed by atoms with van der Waals surface area (Å²) in [5.74, 6) is 5.18. The van der Waals surface area contributed by atoms with Crippen LogP contribution in [0.5, 0.6) is 5.75 Å². The van der Waals surface area contributed by atoms with Crippen LogP contribution in [0.3, 0.4) is 0 Å². The van der Waals surface area contributed by atoms with Gasteiger partial charge < -0.3 is 4.74 Å². The van der Waals surface area contributed by atoms with E-state index in [1.165, 1.54) is 49.6 Å². The predicted octanol–water partition coefficient (Wildman–Crippen LogP) is 5.23. The van der Waals surface area contributed by atoms with Gasteiger partial charge >= 0.3 is 0 Å². The summed E-state index contributed by atoms with van der Waals surface area (Å²) in [6.45, 7) is 4.49. The van der Waals surface area contributed by atoms with Crippen LogP contribution in [-0.4, -0.2) is 17.1 Å². The minimum absolute atomic E-state index is 0.246. The van der Waals surface area contributed by atoms with Crippen molar-refractivity contribution in [2.45, 2.75) is 63.7 Å². The highest BCUT2D eigenvalue weighted by molar-refractivity contribution is 5.83. The monoisotopic (exact) mass is 336 g/mol. The van der Waals surface area contributed by atoms with Crippen LogP contribution in [0, 0.1) is 17.8 Å². The topological polar surface area (TPSA) is 35.0 Å². The van der Waals surface area contributed by atoms with Crippen molar-refractivity contribution in [1.82, 2.24) is 9.97 Å². The smallest absolute Gasteiger partial charge is 0.135 e. The van der Waals surface area contributed by atoms with E-state index < -0.39 is 0 Å². The first-order chi connectivity index (χ1) is 12.1. The van der Waals surface area contributed by atoms with Crippen LogP contribution in [-0.2, 0) is 5.41 Å². The molecule has 25 heavy (non-hydrogen) atoms. The Balaban J connectivity index is 1.68.